The molecule has 0 amide bonds. The Labute approximate surface area is 93.1 Å². The zero-order valence-electron chi connectivity index (χ0n) is 10.5. The molecule has 2 atom stereocenters. The fourth-order valence-corrected chi connectivity index (χ4v) is 1.78. The molecule has 0 aromatic carbocycles. The number of nitrogens with zero attached hydrogens (tertiary/aromatic N) is 1. The number of aliphatic hydroxyl groups is 2. The van der Waals surface area contributed by atoms with Crippen molar-refractivity contribution in [2.45, 2.75) is 52.2 Å². The number of rotatable bonds is 2. The van der Waals surface area contributed by atoms with Gasteiger partial charge in [0.1, 0.15) is 0 Å². The van der Waals surface area contributed by atoms with Gasteiger partial charge in [-0.3, -0.25) is 0 Å². The molecule has 1 fully saturated rings. The van der Waals surface area contributed by atoms with E-state index in [1.165, 1.54) is 0 Å². The van der Waals surface area contributed by atoms with Crippen LogP contribution in [0.3, 0.4) is 0 Å². The Morgan fingerprint density at radius 1 is 1.40 bits per heavy atom. The summed E-state index contributed by atoms with van der Waals surface area (Å²) in [5.41, 5.74) is -0.552. The summed E-state index contributed by atoms with van der Waals surface area (Å²) in [6, 6.07) is 0. The van der Waals surface area contributed by atoms with Crippen LogP contribution in [0.4, 0.5) is 0 Å². The van der Waals surface area contributed by atoms with Crippen molar-refractivity contribution in [3.05, 3.63) is 0 Å². The van der Waals surface area contributed by atoms with E-state index < -0.39 is 11.7 Å². The van der Waals surface area contributed by atoms with Gasteiger partial charge in [-0.25, -0.2) is 0 Å². The summed E-state index contributed by atoms with van der Waals surface area (Å²) in [4.78, 5) is 2.24. The molecule has 1 heterocycles. The Morgan fingerprint density at radius 3 is 2.47 bits per heavy atom. The summed E-state index contributed by atoms with van der Waals surface area (Å²) in [6.45, 7) is 10.9. The van der Waals surface area contributed by atoms with Crippen molar-refractivity contribution < 1.29 is 10.2 Å². The molecule has 0 aromatic rings. The van der Waals surface area contributed by atoms with Crippen molar-refractivity contribution in [1.29, 1.82) is 0 Å². The van der Waals surface area contributed by atoms with Crippen molar-refractivity contribution in [3.63, 3.8) is 0 Å². The van der Waals surface area contributed by atoms with E-state index in [1.807, 2.05) is 0 Å². The first-order valence-electron chi connectivity index (χ1n) is 5.83. The molecule has 15 heavy (non-hydrogen) atoms. The zero-order chi connectivity index (χ0) is 11.7. The summed E-state index contributed by atoms with van der Waals surface area (Å²) < 4.78 is 0. The van der Waals surface area contributed by atoms with Gasteiger partial charge in [-0.05, 0) is 31.7 Å². The minimum absolute atomic E-state index is 0.338. The van der Waals surface area contributed by atoms with E-state index in [2.05, 4.69) is 25.7 Å². The number of hydrogen-bond acceptors (Lipinski definition) is 3. The Kier molecular flexibility index (Phi) is 3.80. The van der Waals surface area contributed by atoms with Gasteiger partial charge in [0.2, 0.25) is 0 Å². The van der Waals surface area contributed by atoms with Crippen molar-refractivity contribution in [1.82, 2.24) is 4.90 Å². The van der Waals surface area contributed by atoms with Crippen molar-refractivity contribution in [2.24, 2.45) is 5.41 Å². The first-order valence-corrected chi connectivity index (χ1v) is 5.83. The molecule has 90 valence electrons. The molecule has 0 aliphatic carbocycles. The van der Waals surface area contributed by atoms with Gasteiger partial charge in [0.15, 0.2) is 0 Å². The topological polar surface area (TPSA) is 43.7 Å². The van der Waals surface area contributed by atoms with Crippen molar-refractivity contribution in [3.8, 4) is 0 Å². The van der Waals surface area contributed by atoms with Crippen molar-refractivity contribution >= 4 is 0 Å². The van der Waals surface area contributed by atoms with Crippen LogP contribution in [0.1, 0.15) is 40.5 Å². The second-order valence-electron chi connectivity index (χ2n) is 6.23. The van der Waals surface area contributed by atoms with E-state index in [0.717, 1.165) is 19.5 Å². The van der Waals surface area contributed by atoms with E-state index in [1.54, 1.807) is 6.92 Å². The lowest BCUT2D eigenvalue weighted by molar-refractivity contribution is -0.107. The van der Waals surface area contributed by atoms with E-state index in [4.69, 9.17) is 0 Å². The molecule has 3 heteroatoms. The second kappa shape index (κ2) is 4.40. The minimum atomic E-state index is -0.891. The predicted octanol–water partition coefficient (Wildman–Crippen LogP) is 1.24. The summed E-state index contributed by atoms with van der Waals surface area (Å²) in [5, 5.41) is 19.6. The highest BCUT2D eigenvalue weighted by molar-refractivity contribution is 4.89. The molecule has 2 N–H and O–H groups in total. The van der Waals surface area contributed by atoms with E-state index >= 15 is 0 Å². The van der Waals surface area contributed by atoms with Crippen molar-refractivity contribution in [2.75, 3.05) is 19.6 Å². The molecule has 0 saturated carbocycles. The average Bonchev–Trinajstić information content (AvgIpc) is 2.06. The highest BCUT2D eigenvalue weighted by atomic mass is 16.3. The zero-order valence-corrected chi connectivity index (χ0v) is 10.5. The Balaban J connectivity index is 2.36. The van der Waals surface area contributed by atoms with Crippen LogP contribution >= 0.6 is 0 Å². The van der Waals surface area contributed by atoms with Crippen LogP contribution in [0, 0.1) is 5.41 Å². The third-order valence-electron chi connectivity index (χ3n) is 3.26. The monoisotopic (exact) mass is 215 g/mol. The van der Waals surface area contributed by atoms with Crippen LogP contribution in [0.25, 0.3) is 0 Å². The quantitative estimate of drug-likeness (QED) is 0.728. The maximum atomic E-state index is 9.81. The third-order valence-corrected chi connectivity index (χ3v) is 3.26. The van der Waals surface area contributed by atoms with Gasteiger partial charge < -0.3 is 15.1 Å². The first kappa shape index (κ1) is 12.9. The van der Waals surface area contributed by atoms with Crippen LogP contribution < -0.4 is 0 Å². The Morgan fingerprint density at radius 2 is 2.00 bits per heavy atom. The van der Waals surface area contributed by atoms with Gasteiger partial charge in [0.25, 0.3) is 0 Å². The summed E-state index contributed by atoms with van der Waals surface area (Å²) in [7, 11) is 0. The van der Waals surface area contributed by atoms with Gasteiger partial charge >= 0.3 is 0 Å². The fraction of sp³-hybridized carbons (Fsp3) is 1.00. The predicted molar refractivity (Wildman–Crippen MR) is 61.8 cm³/mol. The molecule has 3 nitrogen and oxygen atoms in total. The van der Waals surface area contributed by atoms with Gasteiger partial charge in [-0.1, -0.05) is 20.8 Å². The lowest BCUT2D eigenvalue weighted by atomic mass is 9.88. The molecular weight excluding hydrogens is 190 g/mol. The van der Waals surface area contributed by atoms with Crippen LogP contribution in [0.2, 0.25) is 0 Å². The maximum absolute atomic E-state index is 9.81. The van der Waals surface area contributed by atoms with Gasteiger partial charge in [-0.2, -0.15) is 0 Å². The second-order valence-corrected chi connectivity index (χ2v) is 6.23. The highest BCUT2D eigenvalue weighted by Gasteiger charge is 2.36. The smallest absolute Gasteiger partial charge is 0.0951 e. The third kappa shape index (κ3) is 4.09. The largest absolute Gasteiger partial charge is 0.389 e. The Bertz CT molecular complexity index is 208. The fourth-order valence-electron chi connectivity index (χ4n) is 1.78. The summed E-state index contributed by atoms with van der Waals surface area (Å²) in [5.74, 6) is 0. The number of aliphatic hydroxyl groups excluding tert-OH is 1. The van der Waals surface area contributed by atoms with Crippen LogP contribution in [-0.2, 0) is 0 Å². The molecule has 1 aliphatic rings. The van der Waals surface area contributed by atoms with Gasteiger partial charge in [0.05, 0.1) is 11.7 Å². The average molecular weight is 215 g/mol. The maximum Gasteiger partial charge on any atom is 0.0951 e. The number of likely N-dealkylation sites (tertiary alicyclic amines) is 1. The minimum Gasteiger partial charge on any atom is -0.389 e. The SMILES string of the molecule is CC(C)(C)CCN1CC[C@@](C)(O)[C@@H](O)C1. The molecular formula is C12H25NO2. The van der Waals surface area contributed by atoms with E-state index in [-0.39, 0.29) is 0 Å². The van der Waals surface area contributed by atoms with Crippen LogP contribution in [-0.4, -0.2) is 46.5 Å². The number of β-amino-alcohol motifs (C(OH)–C–C–N with tert-alkyl or cyclic N) is 1. The molecule has 0 aromatic heterocycles. The number of hydrogen-bond donors (Lipinski definition) is 2. The molecule has 0 spiro atoms. The highest BCUT2D eigenvalue weighted by Crippen LogP contribution is 2.24. The lowest BCUT2D eigenvalue weighted by Crippen LogP contribution is -2.54. The number of piperidine rings is 1. The standard InChI is InChI=1S/C12H25NO2/c1-11(2,3)5-7-13-8-6-12(4,15)10(14)9-13/h10,14-15H,5-9H2,1-4H3/t10-,12+/m0/s1. The molecule has 1 rings (SSSR count). The molecule has 0 unspecified atom stereocenters. The molecule has 0 bridgehead atoms. The Hall–Kier alpha value is -0.120. The summed E-state index contributed by atoms with van der Waals surface area (Å²) >= 11 is 0. The molecule has 1 aliphatic heterocycles. The lowest BCUT2D eigenvalue weighted by Gasteiger charge is -2.40. The van der Waals surface area contributed by atoms with E-state index in [0.29, 0.717) is 18.4 Å². The van der Waals surface area contributed by atoms with Crippen LogP contribution in [0.15, 0.2) is 0 Å². The normalized spacial score (nSPS) is 34.4. The first-order chi connectivity index (χ1) is 6.71. The van der Waals surface area contributed by atoms with Crippen LogP contribution in [0.5, 0.6) is 0 Å². The van der Waals surface area contributed by atoms with E-state index in [9.17, 15) is 10.2 Å². The summed E-state index contributed by atoms with van der Waals surface area (Å²) in [6.07, 6.45) is 1.19. The molecule has 0 radical (unpaired) electrons. The molecule has 1 saturated heterocycles. The van der Waals surface area contributed by atoms with Gasteiger partial charge in [-0.15, -0.1) is 0 Å². The van der Waals surface area contributed by atoms with Gasteiger partial charge in [0, 0.05) is 13.1 Å².